The molecule has 4 atom stereocenters. The summed E-state index contributed by atoms with van der Waals surface area (Å²) in [6, 6.07) is 9.36. The SMILES string of the molecule is COc1cccc(O[C@H]2CN[C@@H]([C@H](O)[C@H](Cc3cc(F)cc(F)c3)NC(C)=O)C2)c1. The van der Waals surface area contributed by atoms with Gasteiger partial charge in [-0.05, 0) is 36.2 Å². The Labute approximate surface area is 174 Å². The summed E-state index contributed by atoms with van der Waals surface area (Å²) in [6.07, 6.45) is -0.554. The van der Waals surface area contributed by atoms with Gasteiger partial charge < -0.3 is 25.2 Å². The van der Waals surface area contributed by atoms with Crippen molar-refractivity contribution in [2.24, 2.45) is 0 Å². The predicted molar refractivity (Wildman–Crippen MR) is 107 cm³/mol. The van der Waals surface area contributed by atoms with Crippen LogP contribution in [0.25, 0.3) is 0 Å². The minimum atomic E-state index is -0.973. The fourth-order valence-corrected chi connectivity index (χ4v) is 3.73. The molecule has 1 fully saturated rings. The zero-order valence-corrected chi connectivity index (χ0v) is 16.9. The fraction of sp³-hybridized carbons (Fsp3) is 0.409. The molecule has 0 spiro atoms. The molecular weight excluding hydrogens is 394 g/mol. The van der Waals surface area contributed by atoms with Crippen molar-refractivity contribution in [1.82, 2.24) is 10.6 Å². The number of aliphatic hydroxyl groups excluding tert-OH is 1. The number of aliphatic hydroxyl groups is 1. The summed E-state index contributed by atoms with van der Waals surface area (Å²) < 4.78 is 38.2. The number of benzene rings is 2. The van der Waals surface area contributed by atoms with Gasteiger partial charge in [0.15, 0.2) is 0 Å². The monoisotopic (exact) mass is 420 g/mol. The van der Waals surface area contributed by atoms with E-state index in [0.29, 0.717) is 30.0 Å². The van der Waals surface area contributed by atoms with Crippen LogP contribution in [-0.2, 0) is 11.2 Å². The lowest BCUT2D eigenvalue weighted by Crippen LogP contribution is -2.51. The van der Waals surface area contributed by atoms with Gasteiger partial charge in [-0.3, -0.25) is 4.79 Å². The molecule has 1 heterocycles. The van der Waals surface area contributed by atoms with Gasteiger partial charge in [-0.1, -0.05) is 6.07 Å². The second-order valence-electron chi connectivity index (χ2n) is 7.45. The minimum Gasteiger partial charge on any atom is -0.497 e. The van der Waals surface area contributed by atoms with Crippen molar-refractivity contribution in [1.29, 1.82) is 0 Å². The first kappa shape index (κ1) is 22.0. The van der Waals surface area contributed by atoms with Gasteiger partial charge in [0.25, 0.3) is 0 Å². The summed E-state index contributed by atoms with van der Waals surface area (Å²) in [4.78, 5) is 11.6. The molecule has 3 N–H and O–H groups in total. The summed E-state index contributed by atoms with van der Waals surface area (Å²) in [7, 11) is 1.58. The number of amides is 1. The summed E-state index contributed by atoms with van der Waals surface area (Å²) in [5.74, 6) is -0.398. The number of halogens is 2. The smallest absolute Gasteiger partial charge is 0.217 e. The Morgan fingerprint density at radius 3 is 2.60 bits per heavy atom. The number of methoxy groups -OCH3 is 1. The van der Waals surface area contributed by atoms with Gasteiger partial charge in [-0.25, -0.2) is 8.78 Å². The van der Waals surface area contributed by atoms with E-state index in [4.69, 9.17) is 9.47 Å². The quantitative estimate of drug-likeness (QED) is 0.610. The van der Waals surface area contributed by atoms with Gasteiger partial charge in [0.2, 0.25) is 5.91 Å². The number of hydrogen-bond donors (Lipinski definition) is 3. The molecule has 0 aliphatic carbocycles. The van der Waals surface area contributed by atoms with E-state index < -0.39 is 23.8 Å². The zero-order chi connectivity index (χ0) is 21.7. The van der Waals surface area contributed by atoms with E-state index >= 15 is 0 Å². The number of ether oxygens (including phenoxy) is 2. The Balaban J connectivity index is 1.65. The van der Waals surface area contributed by atoms with Crippen LogP contribution in [0.2, 0.25) is 0 Å². The Morgan fingerprint density at radius 2 is 1.93 bits per heavy atom. The van der Waals surface area contributed by atoms with E-state index in [1.165, 1.54) is 19.1 Å². The molecule has 6 nitrogen and oxygen atoms in total. The summed E-state index contributed by atoms with van der Waals surface area (Å²) in [5, 5.41) is 16.8. The predicted octanol–water partition coefficient (Wildman–Crippen LogP) is 2.19. The van der Waals surface area contributed by atoms with E-state index in [0.717, 1.165) is 6.07 Å². The minimum absolute atomic E-state index is 0.0923. The highest BCUT2D eigenvalue weighted by Gasteiger charge is 2.35. The third-order valence-corrected chi connectivity index (χ3v) is 5.06. The standard InChI is InChI=1S/C22H26F2N2O4/c1-13(27)26-21(8-14-6-15(23)9-16(24)7-14)22(28)20-11-19(12-25-20)30-18-5-3-4-17(10-18)29-2/h3-7,9-10,19-22,25,28H,8,11-12H2,1-2H3,(H,26,27)/t19-,20-,21+,22+/m1/s1. The number of carbonyl (C=O) groups excluding carboxylic acids is 1. The van der Waals surface area contributed by atoms with Crippen molar-refractivity contribution in [2.75, 3.05) is 13.7 Å². The first-order valence-corrected chi connectivity index (χ1v) is 9.78. The van der Waals surface area contributed by atoms with Gasteiger partial charge in [0.1, 0.15) is 29.2 Å². The zero-order valence-electron chi connectivity index (χ0n) is 16.9. The molecule has 0 aromatic heterocycles. The molecule has 1 aliphatic heterocycles. The lowest BCUT2D eigenvalue weighted by atomic mass is 9.95. The average Bonchev–Trinajstić information content (AvgIpc) is 3.14. The molecule has 1 aliphatic rings. The normalized spacial score (nSPS) is 20.4. The fourth-order valence-electron chi connectivity index (χ4n) is 3.73. The van der Waals surface area contributed by atoms with Crippen LogP contribution >= 0.6 is 0 Å². The van der Waals surface area contributed by atoms with Crippen LogP contribution in [0.15, 0.2) is 42.5 Å². The van der Waals surface area contributed by atoms with Crippen LogP contribution in [-0.4, -0.2) is 49.0 Å². The Kier molecular flexibility index (Phi) is 7.23. The van der Waals surface area contributed by atoms with Crippen molar-refractivity contribution in [3.05, 3.63) is 59.7 Å². The highest BCUT2D eigenvalue weighted by atomic mass is 19.1. The molecule has 2 aromatic rings. The Hall–Kier alpha value is -2.71. The van der Waals surface area contributed by atoms with Crippen LogP contribution in [0.4, 0.5) is 8.78 Å². The van der Waals surface area contributed by atoms with Crippen molar-refractivity contribution in [3.63, 3.8) is 0 Å². The van der Waals surface area contributed by atoms with Crippen LogP contribution in [0.1, 0.15) is 18.9 Å². The number of carbonyl (C=O) groups is 1. The molecule has 0 unspecified atom stereocenters. The molecule has 1 saturated heterocycles. The molecule has 0 bridgehead atoms. The first-order valence-electron chi connectivity index (χ1n) is 9.78. The molecular formula is C22H26F2N2O4. The van der Waals surface area contributed by atoms with E-state index in [9.17, 15) is 18.7 Å². The maximum Gasteiger partial charge on any atom is 0.217 e. The van der Waals surface area contributed by atoms with Crippen molar-refractivity contribution >= 4 is 5.91 Å². The maximum absolute atomic E-state index is 13.5. The second kappa shape index (κ2) is 9.86. The van der Waals surface area contributed by atoms with E-state index in [2.05, 4.69) is 10.6 Å². The van der Waals surface area contributed by atoms with Gasteiger partial charge in [0.05, 0.1) is 19.3 Å². The lowest BCUT2D eigenvalue weighted by Gasteiger charge is -2.28. The van der Waals surface area contributed by atoms with Crippen LogP contribution in [0.3, 0.4) is 0 Å². The molecule has 2 aromatic carbocycles. The van der Waals surface area contributed by atoms with Gasteiger partial charge in [0, 0.05) is 38.1 Å². The average molecular weight is 420 g/mol. The first-order chi connectivity index (χ1) is 14.3. The van der Waals surface area contributed by atoms with Crippen molar-refractivity contribution in [3.8, 4) is 11.5 Å². The number of nitrogens with one attached hydrogen (secondary N) is 2. The van der Waals surface area contributed by atoms with Crippen LogP contribution < -0.4 is 20.1 Å². The molecule has 3 rings (SSSR count). The maximum atomic E-state index is 13.5. The molecule has 1 amide bonds. The van der Waals surface area contributed by atoms with E-state index in [-0.39, 0.29) is 24.5 Å². The van der Waals surface area contributed by atoms with E-state index in [1.807, 2.05) is 18.2 Å². The molecule has 30 heavy (non-hydrogen) atoms. The summed E-state index contributed by atoms with van der Waals surface area (Å²) in [6.45, 7) is 1.85. The highest BCUT2D eigenvalue weighted by Crippen LogP contribution is 2.24. The number of rotatable bonds is 8. The van der Waals surface area contributed by atoms with Crippen molar-refractivity contribution < 1.29 is 28.2 Å². The van der Waals surface area contributed by atoms with Gasteiger partial charge in [-0.2, -0.15) is 0 Å². The molecule has 162 valence electrons. The summed E-state index contributed by atoms with van der Waals surface area (Å²) in [5.41, 5.74) is 0.354. The molecule has 0 radical (unpaired) electrons. The van der Waals surface area contributed by atoms with Gasteiger partial charge in [-0.15, -0.1) is 0 Å². The van der Waals surface area contributed by atoms with Gasteiger partial charge >= 0.3 is 0 Å². The number of hydrogen-bond acceptors (Lipinski definition) is 5. The third kappa shape index (κ3) is 5.90. The lowest BCUT2D eigenvalue weighted by molar-refractivity contribution is -0.120. The van der Waals surface area contributed by atoms with Crippen LogP contribution in [0.5, 0.6) is 11.5 Å². The van der Waals surface area contributed by atoms with Crippen LogP contribution in [0, 0.1) is 11.6 Å². The largest absolute Gasteiger partial charge is 0.497 e. The Morgan fingerprint density at radius 1 is 1.23 bits per heavy atom. The topological polar surface area (TPSA) is 79.8 Å². The third-order valence-electron chi connectivity index (χ3n) is 5.06. The van der Waals surface area contributed by atoms with E-state index in [1.54, 1.807) is 13.2 Å². The second-order valence-corrected chi connectivity index (χ2v) is 7.45. The Bertz CT molecular complexity index is 860. The molecule has 0 saturated carbocycles. The van der Waals surface area contributed by atoms with Crippen molar-refractivity contribution in [2.45, 2.75) is 44.1 Å². The summed E-state index contributed by atoms with van der Waals surface area (Å²) >= 11 is 0. The molecule has 8 heteroatoms. The highest BCUT2D eigenvalue weighted by molar-refractivity contribution is 5.73.